The summed E-state index contributed by atoms with van der Waals surface area (Å²) >= 11 is 0. The van der Waals surface area contributed by atoms with Crippen molar-refractivity contribution in [3.8, 4) is 0 Å². The third-order valence-electron chi connectivity index (χ3n) is 3.95. The van der Waals surface area contributed by atoms with E-state index >= 15 is 0 Å². The Bertz CT molecular complexity index is 602. The minimum atomic E-state index is -4.38. The zero-order valence-corrected chi connectivity index (χ0v) is 13.4. The van der Waals surface area contributed by atoms with Crippen LogP contribution >= 0.6 is 0 Å². The van der Waals surface area contributed by atoms with Gasteiger partial charge < -0.3 is 10.1 Å². The summed E-state index contributed by atoms with van der Waals surface area (Å²) < 4.78 is 42.6. The Labute approximate surface area is 137 Å². The summed E-state index contributed by atoms with van der Waals surface area (Å²) in [4.78, 5) is 24.9. The van der Waals surface area contributed by atoms with Gasteiger partial charge >= 0.3 is 12.1 Å². The molecule has 8 heteroatoms. The average molecular weight is 344 g/mol. The first-order valence-electron chi connectivity index (χ1n) is 7.46. The van der Waals surface area contributed by atoms with Crippen LogP contribution in [-0.2, 0) is 27.0 Å². The molecule has 0 radical (unpaired) electrons. The number of esters is 1. The SMILES string of the molecule is COC(=O)[C@@H]1C[C@H](NC(C)=O)CN1Cc1ccc(C(F)(F)F)cc1. The summed E-state index contributed by atoms with van der Waals surface area (Å²) in [5.74, 6) is -0.616. The Morgan fingerprint density at radius 1 is 1.29 bits per heavy atom. The molecule has 1 aliphatic heterocycles. The molecule has 1 saturated heterocycles. The number of carbonyl (C=O) groups is 2. The third kappa shape index (κ3) is 4.47. The number of nitrogens with one attached hydrogen (secondary N) is 1. The highest BCUT2D eigenvalue weighted by molar-refractivity contribution is 5.77. The topological polar surface area (TPSA) is 58.6 Å². The van der Waals surface area contributed by atoms with Crippen molar-refractivity contribution in [3.05, 3.63) is 35.4 Å². The van der Waals surface area contributed by atoms with Crippen LogP contribution < -0.4 is 5.32 Å². The molecule has 0 saturated carbocycles. The van der Waals surface area contributed by atoms with Gasteiger partial charge in [0.1, 0.15) is 6.04 Å². The van der Waals surface area contributed by atoms with Gasteiger partial charge in [-0.3, -0.25) is 14.5 Å². The fraction of sp³-hybridized carbons (Fsp3) is 0.500. The predicted molar refractivity (Wildman–Crippen MR) is 79.9 cm³/mol. The zero-order valence-electron chi connectivity index (χ0n) is 13.4. The Kier molecular flexibility index (Phi) is 5.48. The maximum absolute atomic E-state index is 12.6. The van der Waals surface area contributed by atoms with Gasteiger partial charge in [0.2, 0.25) is 5.91 Å². The lowest BCUT2D eigenvalue weighted by atomic mass is 10.1. The number of alkyl halides is 3. The van der Waals surface area contributed by atoms with Crippen LogP contribution in [0.3, 0.4) is 0 Å². The molecule has 1 aliphatic rings. The first-order chi connectivity index (χ1) is 11.2. The highest BCUT2D eigenvalue weighted by atomic mass is 19.4. The fourth-order valence-corrected chi connectivity index (χ4v) is 2.89. The molecule has 1 aromatic rings. The van der Waals surface area contributed by atoms with Gasteiger partial charge in [0.05, 0.1) is 12.7 Å². The average Bonchev–Trinajstić information content (AvgIpc) is 2.87. The molecule has 132 valence electrons. The van der Waals surface area contributed by atoms with E-state index in [0.29, 0.717) is 25.1 Å². The Hall–Kier alpha value is -2.09. The summed E-state index contributed by atoms with van der Waals surface area (Å²) in [6.45, 7) is 2.13. The van der Waals surface area contributed by atoms with Gasteiger partial charge in [-0.15, -0.1) is 0 Å². The van der Waals surface area contributed by atoms with Crippen molar-refractivity contribution in [1.82, 2.24) is 10.2 Å². The van der Waals surface area contributed by atoms with Crippen LogP contribution in [0.15, 0.2) is 24.3 Å². The van der Waals surface area contributed by atoms with Crippen LogP contribution in [0, 0.1) is 0 Å². The number of benzene rings is 1. The highest BCUT2D eigenvalue weighted by Crippen LogP contribution is 2.29. The summed E-state index contributed by atoms with van der Waals surface area (Å²) in [5, 5.41) is 2.76. The standard InChI is InChI=1S/C16H19F3N2O3/c1-10(22)20-13-7-14(15(23)24-2)21(9-13)8-11-3-5-12(6-4-11)16(17,18)19/h3-6,13-14H,7-9H2,1-2H3,(H,20,22)/t13-,14-/m0/s1. The molecule has 1 aromatic carbocycles. The van der Waals surface area contributed by atoms with Gasteiger partial charge in [-0.1, -0.05) is 12.1 Å². The van der Waals surface area contributed by atoms with E-state index in [1.165, 1.54) is 26.2 Å². The smallest absolute Gasteiger partial charge is 0.416 e. The van der Waals surface area contributed by atoms with Gasteiger partial charge in [0, 0.05) is 26.1 Å². The number of hydrogen-bond acceptors (Lipinski definition) is 4. The number of ether oxygens (including phenoxy) is 1. The molecule has 24 heavy (non-hydrogen) atoms. The fourth-order valence-electron chi connectivity index (χ4n) is 2.89. The summed E-state index contributed by atoms with van der Waals surface area (Å²) in [7, 11) is 1.28. The van der Waals surface area contributed by atoms with Crippen molar-refractivity contribution >= 4 is 11.9 Å². The molecular weight excluding hydrogens is 325 g/mol. The van der Waals surface area contributed by atoms with Crippen LogP contribution in [0.4, 0.5) is 13.2 Å². The first-order valence-corrected chi connectivity index (χ1v) is 7.46. The second-order valence-electron chi connectivity index (χ2n) is 5.80. The molecule has 0 aliphatic carbocycles. The largest absolute Gasteiger partial charge is 0.468 e. The number of halogens is 3. The molecule has 2 rings (SSSR count). The van der Waals surface area contributed by atoms with Crippen LogP contribution in [-0.4, -0.2) is 42.5 Å². The van der Waals surface area contributed by atoms with Gasteiger partial charge in [-0.05, 0) is 24.1 Å². The number of rotatable bonds is 4. The van der Waals surface area contributed by atoms with Gasteiger partial charge in [-0.25, -0.2) is 0 Å². The molecule has 0 spiro atoms. The summed E-state index contributed by atoms with van der Waals surface area (Å²) in [6.07, 6.45) is -3.97. The van der Waals surface area contributed by atoms with E-state index in [1.54, 1.807) is 4.90 Å². The van der Waals surface area contributed by atoms with Crippen molar-refractivity contribution in [1.29, 1.82) is 0 Å². The van der Waals surface area contributed by atoms with Crippen LogP contribution in [0.1, 0.15) is 24.5 Å². The quantitative estimate of drug-likeness (QED) is 0.849. The van der Waals surface area contributed by atoms with Crippen LogP contribution in [0.5, 0.6) is 0 Å². The highest BCUT2D eigenvalue weighted by Gasteiger charge is 2.38. The van der Waals surface area contributed by atoms with Crippen molar-refractivity contribution in [2.75, 3.05) is 13.7 Å². The van der Waals surface area contributed by atoms with E-state index in [0.717, 1.165) is 12.1 Å². The number of likely N-dealkylation sites (tertiary alicyclic amines) is 1. The molecule has 1 amide bonds. The maximum Gasteiger partial charge on any atom is 0.416 e. The molecule has 0 aromatic heterocycles. The minimum Gasteiger partial charge on any atom is -0.468 e. The van der Waals surface area contributed by atoms with Gasteiger partial charge in [0.25, 0.3) is 0 Å². The van der Waals surface area contributed by atoms with Gasteiger partial charge in [-0.2, -0.15) is 13.2 Å². The lowest BCUT2D eigenvalue weighted by Gasteiger charge is -2.22. The van der Waals surface area contributed by atoms with Crippen molar-refractivity contribution in [2.45, 2.75) is 38.1 Å². The maximum atomic E-state index is 12.6. The molecule has 5 nitrogen and oxygen atoms in total. The van der Waals surface area contributed by atoms with Crippen molar-refractivity contribution in [2.24, 2.45) is 0 Å². The molecule has 0 unspecified atom stereocenters. The van der Waals surface area contributed by atoms with Crippen LogP contribution in [0.2, 0.25) is 0 Å². The van der Waals surface area contributed by atoms with Gasteiger partial charge in [0.15, 0.2) is 0 Å². The lowest BCUT2D eigenvalue weighted by Crippen LogP contribution is -2.37. The van der Waals surface area contributed by atoms with Crippen molar-refractivity contribution < 1.29 is 27.5 Å². The van der Waals surface area contributed by atoms with Crippen LogP contribution in [0.25, 0.3) is 0 Å². The lowest BCUT2D eigenvalue weighted by molar-refractivity contribution is -0.146. The second kappa shape index (κ2) is 7.21. The summed E-state index contributed by atoms with van der Waals surface area (Å²) in [5.41, 5.74) is -0.0614. The molecule has 1 N–H and O–H groups in total. The Balaban J connectivity index is 2.10. The normalized spacial score (nSPS) is 21.5. The first kappa shape index (κ1) is 18.3. The molecular formula is C16H19F3N2O3. The monoisotopic (exact) mass is 344 g/mol. The number of carbonyl (C=O) groups excluding carboxylic acids is 2. The number of methoxy groups -OCH3 is 1. The molecule has 0 bridgehead atoms. The molecule has 2 atom stereocenters. The predicted octanol–water partition coefficient (Wildman–Crippen LogP) is 1.96. The summed E-state index contributed by atoms with van der Waals surface area (Å²) in [6, 6.07) is 4.09. The number of amides is 1. The minimum absolute atomic E-state index is 0.193. The van der Waals surface area contributed by atoms with E-state index in [9.17, 15) is 22.8 Å². The number of nitrogens with zero attached hydrogens (tertiary/aromatic N) is 1. The van der Waals surface area contributed by atoms with Crippen molar-refractivity contribution in [3.63, 3.8) is 0 Å². The molecule has 1 heterocycles. The van der Waals surface area contributed by atoms with E-state index in [-0.39, 0.29) is 11.9 Å². The third-order valence-corrected chi connectivity index (χ3v) is 3.95. The second-order valence-corrected chi connectivity index (χ2v) is 5.80. The van der Waals surface area contributed by atoms with E-state index in [4.69, 9.17) is 4.74 Å². The Morgan fingerprint density at radius 2 is 1.92 bits per heavy atom. The zero-order chi connectivity index (χ0) is 17.9. The Morgan fingerprint density at radius 3 is 2.42 bits per heavy atom. The molecule has 1 fully saturated rings. The van der Waals surface area contributed by atoms with E-state index in [2.05, 4.69) is 5.32 Å². The van der Waals surface area contributed by atoms with E-state index < -0.39 is 23.8 Å². The van der Waals surface area contributed by atoms with E-state index in [1.807, 2.05) is 0 Å². The number of hydrogen-bond donors (Lipinski definition) is 1.